The minimum absolute atomic E-state index is 0.369. The third-order valence-electron chi connectivity index (χ3n) is 2.45. The Morgan fingerprint density at radius 1 is 1.41 bits per heavy atom. The zero-order valence-corrected chi connectivity index (χ0v) is 9.99. The molecule has 2 heterocycles. The summed E-state index contributed by atoms with van der Waals surface area (Å²) in [6.45, 7) is 5.23. The molecule has 2 aromatic rings. The highest BCUT2D eigenvalue weighted by molar-refractivity contribution is 5.86. The van der Waals surface area contributed by atoms with Crippen molar-refractivity contribution in [2.24, 2.45) is 11.8 Å². The van der Waals surface area contributed by atoms with Crippen molar-refractivity contribution in [1.82, 2.24) is 20.2 Å². The Morgan fingerprint density at radius 2 is 2.24 bits per heavy atom. The molecular weight excluding hydrogens is 218 g/mol. The topological polar surface area (TPSA) is 105 Å². The van der Waals surface area contributed by atoms with Gasteiger partial charge in [-0.25, -0.2) is 5.84 Å². The van der Waals surface area contributed by atoms with E-state index in [0.717, 1.165) is 24.2 Å². The van der Waals surface area contributed by atoms with Crippen LogP contribution in [0.5, 0.6) is 0 Å². The molecule has 0 amide bonds. The van der Waals surface area contributed by atoms with Gasteiger partial charge in [-0.2, -0.15) is 15.1 Å². The number of aromatic amines is 1. The number of anilines is 2. The zero-order valence-electron chi connectivity index (χ0n) is 9.99. The quantitative estimate of drug-likeness (QED) is 0.457. The van der Waals surface area contributed by atoms with E-state index in [1.165, 1.54) is 0 Å². The van der Waals surface area contributed by atoms with Crippen LogP contribution in [0.15, 0.2) is 6.20 Å². The Bertz CT molecular complexity index is 490. The highest BCUT2D eigenvalue weighted by atomic mass is 15.3. The number of hydrogen-bond donors (Lipinski definition) is 4. The van der Waals surface area contributed by atoms with Crippen LogP contribution in [0.4, 0.5) is 11.8 Å². The maximum atomic E-state index is 5.32. The summed E-state index contributed by atoms with van der Waals surface area (Å²) in [7, 11) is 0. The number of hydrazine groups is 1. The van der Waals surface area contributed by atoms with Crippen molar-refractivity contribution < 1.29 is 0 Å². The predicted molar refractivity (Wildman–Crippen MR) is 67.4 cm³/mol. The number of nitrogens with zero attached hydrogens (tertiary/aromatic N) is 3. The Kier molecular flexibility index (Phi) is 3.38. The van der Waals surface area contributed by atoms with Crippen LogP contribution in [0.25, 0.3) is 11.0 Å². The molecule has 0 bridgehead atoms. The van der Waals surface area contributed by atoms with Gasteiger partial charge in [0, 0.05) is 6.54 Å². The van der Waals surface area contributed by atoms with Crippen molar-refractivity contribution in [3.05, 3.63) is 6.20 Å². The summed E-state index contributed by atoms with van der Waals surface area (Å²) in [4.78, 5) is 8.42. The summed E-state index contributed by atoms with van der Waals surface area (Å²) in [5, 5.41) is 10.9. The van der Waals surface area contributed by atoms with Crippen LogP contribution in [0, 0.1) is 5.92 Å². The van der Waals surface area contributed by atoms with Gasteiger partial charge in [0.1, 0.15) is 5.82 Å². The first-order valence-electron chi connectivity index (χ1n) is 5.62. The minimum Gasteiger partial charge on any atom is -0.369 e. The van der Waals surface area contributed by atoms with Crippen molar-refractivity contribution in [3.8, 4) is 0 Å². The molecule has 7 nitrogen and oxygen atoms in total. The smallest absolute Gasteiger partial charge is 0.241 e. The Morgan fingerprint density at radius 3 is 2.94 bits per heavy atom. The van der Waals surface area contributed by atoms with E-state index in [2.05, 4.69) is 44.8 Å². The standard InChI is InChI=1S/C10H17N7/c1-6(2)3-4-12-8-7-5-13-17-9(7)15-10(14-8)16-11/h5-6H,3-4,11H2,1-2H3,(H3,12,13,14,15,16,17). The van der Waals surface area contributed by atoms with Gasteiger partial charge < -0.3 is 5.32 Å². The second-order valence-corrected chi connectivity index (χ2v) is 4.28. The van der Waals surface area contributed by atoms with Crippen molar-refractivity contribution in [3.63, 3.8) is 0 Å². The van der Waals surface area contributed by atoms with Crippen molar-refractivity contribution in [1.29, 1.82) is 0 Å². The molecule has 0 aliphatic carbocycles. The van der Waals surface area contributed by atoms with E-state index >= 15 is 0 Å². The normalized spacial score (nSPS) is 11.1. The molecule has 5 N–H and O–H groups in total. The van der Waals surface area contributed by atoms with E-state index in [0.29, 0.717) is 17.5 Å². The SMILES string of the molecule is CC(C)CCNc1nc(NN)nc2[nH]ncc12. The fraction of sp³-hybridized carbons (Fsp3) is 0.500. The lowest BCUT2D eigenvalue weighted by atomic mass is 10.1. The number of H-pyrrole nitrogens is 1. The minimum atomic E-state index is 0.369. The highest BCUT2D eigenvalue weighted by Gasteiger charge is 2.08. The Balaban J connectivity index is 2.21. The molecule has 0 saturated carbocycles. The maximum Gasteiger partial charge on any atom is 0.241 e. The lowest BCUT2D eigenvalue weighted by Crippen LogP contribution is -2.13. The van der Waals surface area contributed by atoms with Crippen LogP contribution < -0.4 is 16.6 Å². The zero-order chi connectivity index (χ0) is 12.3. The summed E-state index contributed by atoms with van der Waals surface area (Å²) in [6.07, 6.45) is 2.78. The van der Waals surface area contributed by atoms with E-state index in [-0.39, 0.29) is 0 Å². The molecule has 2 aromatic heterocycles. The molecule has 0 spiro atoms. The van der Waals surface area contributed by atoms with Crippen LogP contribution in [0.3, 0.4) is 0 Å². The third-order valence-corrected chi connectivity index (χ3v) is 2.45. The molecule has 0 unspecified atom stereocenters. The van der Waals surface area contributed by atoms with Crippen LogP contribution in [0.1, 0.15) is 20.3 Å². The molecule has 2 rings (SSSR count). The fourth-order valence-electron chi connectivity index (χ4n) is 1.51. The Labute approximate surface area is 99.2 Å². The summed E-state index contributed by atoms with van der Waals surface area (Å²) < 4.78 is 0. The highest BCUT2D eigenvalue weighted by Crippen LogP contribution is 2.19. The van der Waals surface area contributed by atoms with Crippen LogP contribution in [-0.4, -0.2) is 26.7 Å². The molecule has 0 atom stereocenters. The molecule has 0 aromatic carbocycles. The summed E-state index contributed by atoms with van der Waals surface area (Å²) in [5.74, 6) is 7.08. The molecule has 17 heavy (non-hydrogen) atoms. The molecule has 7 heteroatoms. The summed E-state index contributed by atoms with van der Waals surface area (Å²) in [5.41, 5.74) is 3.11. The van der Waals surface area contributed by atoms with E-state index < -0.39 is 0 Å². The van der Waals surface area contributed by atoms with Gasteiger partial charge in [0.05, 0.1) is 11.6 Å². The first-order chi connectivity index (χ1) is 8.20. The van der Waals surface area contributed by atoms with E-state index in [1.54, 1.807) is 6.20 Å². The average molecular weight is 235 g/mol. The Hall–Kier alpha value is -1.89. The number of hydrogen-bond acceptors (Lipinski definition) is 6. The van der Waals surface area contributed by atoms with Gasteiger partial charge >= 0.3 is 0 Å². The lowest BCUT2D eigenvalue weighted by molar-refractivity contribution is 0.607. The molecular formula is C10H17N7. The number of aromatic nitrogens is 4. The van der Waals surface area contributed by atoms with E-state index in [4.69, 9.17) is 5.84 Å². The van der Waals surface area contributed by atoms with Crippen molar-refractivity contribution in [2.45, 2.75) is 20.3 Å². The number of fused-ring (bicyclic) bond motifs is 1. The van der Waals surface area contributed by atoms with Gasteiger partial charge in [-0.15, -0.1) is 0 Å². The number of nitrogen functional groups attached to an aromatic ring is 1. The summed E-state index contributed by atoms with van der Waals surface area (Å²) >= 11 is 0. The van der Waals surface area contributed by atoms with Crippen molar-refractivity contribution in [2.75, 3.05) is 17.3 Å². The predicted octanol–water partition coefficient (Wildman–Crippen LogP) is 1.10. The van der Waals surface area contributed by atoms with Gasteiger partial charge in [-0.1, -0.05) is 13.8 Å². The van der Waals surface area contributed by atoms with Gasteiger partial charge in [0.25, 0.3) is 0 Å². The van der Waals surface area contributed by atoms with Crippen molar-refractivity contribution >= 4 is 22.8 Å². The molecule has 0 aliphatic heterocycles. The monoisotopic (exact) mass is 235 g/mol. The van der Waals surface area contributed by atoms with Crippen LogP contribution in [0.2, 0.25) is 0 Å². The summed E-state index contributed by atoms with van der Waals surface area (Å²) in [6, 6.07) is 0. The largest absolute Gasteiger partial charge is 0.369 e. The third kappa shape index (κ3) is 2.62. The number of nitrogens with two attached hydrogens (primary N) is 1. The van der Waals surface area contributed by atoms with Gasteiger partial charge in [0.2, 0.25) is 5.95 Å². The molecule has 0 fully saturated rings. The van der Waals surface area contributed by atoms with Crippen LogP contribution in [-0.2, 0) is 0 Å². The van der Waals surface area contributed by atoms with E-state index in [9.17, 15) is 0 Å². The first-order valence-corrected chi connectivity index (χ1v) is 5.62. The van der Waals surface area contributed by atoms with E-state index in [1.807, 2.05) is 0 Å². The fourth-order valence-corrected chi connectivity index (χ4v) is 1.51. The average Bonchev–Trinajstić information content (AvgIpc) is 2.76. The second-order valence-electron chi connectivity index (χ2n) is 4.28. The number of nitrogens with one attached hydrogen (secondary N) is 3. The molecule has 0 aliphatic rings. The maximum absolute atomic E-state index is 5.32. The first kappa shape index (κ1) is 11.6. The lowest BCUT2D eigenvalue weighted by Gasteiger charge is -2.09. The van der Waals surface area contributed by atoms with Gasteiger partial charge in [0.15, 0.2) is 5.65 Å². The molecule has 92 valence electrons. The number of rotatable bonds is 5. The second kappa shape index (κ2) is 4.96. The van der Waals surface area contributed by atoms with Crippen LogP contribution >= 0.6 is 0 Å². The molecule has 0 saturated heterocycles. The molecule has 0 radical (unpaired) electrons. The van der Waals surface area contributed by atoms with Gasteiger partial charge in [-0.05, 0) is 12.3 Å². The van der Waals surface area contributed by atoms with Gasteiger partial charge in [-0.3, -0.25) is 10.5 Å².